The van der Waals surface area contributed by atoms with Gasteiger partial charge >= 0.3 is 0 Å². The second kappa shape index (κ2) is 8.47. The Morgan fingerprint density at radius 1 is 1.40 bits per heavy atom. The fraction of sp³-hybridized carbons (Fsp3) is 0.444. The van der Waals surface area contributed by atoms with Crippen molar-refractivity contribution in [1.82, 2.24) is 20.4 Å². The van der Waals surface area contributed by atoms with Crippen LogP contribution < -0.4 is 10.6 Å². The van der Waals surface area contributed by atoms with E-state index in [4.69, 9.17) is 0 Å². The van der Waals surface area contributed by atoms with Crippen LogP contribution in [-0.4, -0.2) is 28.8 Å². The van der Waals surface area contributed by atoms with E-state index in [1.165, 1.54) is 23.4 Å². The van der Waals surface area contributed by atoms with E-state index in [1.807, 2.05) is 18.7 Å². The lowest BCUT2D eigenvalue weighted by atomic mass is 10.1. The molecule has 0 saturated heterocycles. The normalized spacial score (nSPS) is 13.0. The lowest BCUT2D eigenvalue weighted by molar-refractivity contribution is 0.620. The standard InChI is InChI=1S/C18H25BrFN5/c1-11(8-16-12(2)24-25(5)13(16)3)23-18(21-4)22-10-14-9-15(20)6-7-17(14)19/h6-7,9,11H,8,10H2,1-5H3,(H2,21,22,23). The number of aliphatic imine (C=N–C) groups is 1. The molecule has 2 N–H and O–H groups in total. The number of guanidine groups is 1. The minimum absolute atomic E-state index is 0.184. The number of benzene rings is 1. The molecule has 0 amide bonds. The molecule has 0 fully saturated rings. The maximum absolute atomic E-state index is 13.4. The van der Waals surface area contributed by atoms with Crippen LogP contribution in [0, 0.1) is 19.7 Å². The van der Waals surface area contributed by atoms with Crippen LogP contribution in [0.1, 0.15) is 29.4 Å². The summed E-state index contributed by atoms with van der Waals surface area (Å²) in [6.45, 7) is 6.70. The fourth-order valence-electron chi connectivity index (χ4n) is 2.76. The highest BCUT2D eigenvalue weighted by atomic mass is 79.9. The second-order valence-electron chi connectivity index (χ2n) is 6.18. The largest absolute Gasteiger partial charge is 0.354 e. The Morgan fingerprint density at radius 3 is 2.72 bits per heavy atom. The molecule has 7 heteroatoms. The van der Waals surface area contributed by atoms with E-state index in [0.717, 1.165) is 22.2 Å². The van der Waals surface area contributed by atoms with E-state index < -0.39 is 0 Å². The third kappa shape index (κ3) is 5.04. The molecule has 0 saturated carbocycles. The molecule has 136 valence electrons. The first-order chi connectivity index (χ1) is 11.8. The Kier molecular flexibility index (Phi) is 6.58. The van der Waals surface area contributed by atoms with Crippen molar-refractivity contribution in [1.29, 1.82) is 0 Å². The summed E-state index contributed by atoms with van der Waals surface area (Å²) in [5.41, 5.74) is 4.33. The number of aromatic nitrogens is 2. The van der Waals surface area contributed by atoms with Gasteiger partial charge in [-0.3, -0.25) is 9.67 Å². The van der Waals surface area contributed by atoms with Crippen molar-refractivity contribution in [3.8, 4) is 0 Å². The lowest BCUT2D eigenvalue weighted by Gasteiger charge is -2.18. The number of nitrogens with one attached hydrogen (secondary N) is 2. The molecule has 1 heterocycles. The van der Waals surface area contributed by atoms with E-state index in [0.29, 0.717) is 12.5 Å². The molecule has 0 aliphatic heterocycles. The summed E-state index contributed by atoms with van der Waals surface area (Å²) in [6, 6.07) is 4.83. The summed E-state index contributed by atoms with van der Waals surface area (Å²) < 4.78 is 16.2. The van der Waals surface area contributed by atoms with Crippen LogP contribution in [0.25, 0.3) is 0 Å². The van der Waals surface area contributed by atoms with Gasteiger partial charge in [0, 0.05) is 36.8 Å². The van der Waals surface area contributed by atoms with E-state index in [1.54, 1.807) is 13.1 Å². The highest BCUT2D eigenvalue weighted by molar-refractivity contribution is 9.10. The molecule has 2 rings (SSSR count). The van der Waals surface area contributed by atoms with Crippen molar-refractivity contribution in [3.63, 3.8) is 0 Å². The van der Waals surface area contributed by atoms with E-state index >= 15 is 0 Å². The van der Waals surface area contributed by atoms with Gasteiger partial charge in [-0.05, 0) is 56.5 Å². The van der Waals surface area contributed by atoms with Crippen molar-refractivity contribution >= 4 is 21.9 Å². The van der Waals surface area contributed by atoms with Gasteiger partial charge in [-0.25, -0.2) is 4.39 Å². The third-order valence-corrected chi connectivity index (χ3v) is 5.00. The second-order valence-corrected chi connectivity index (χ2v) is 7.04. The molecule has 0 bridgehead atoms. The summed E-state index contributed by atoms with van der Waals surface area (Å²) in [4.78, 5) is 4.25. The zero-order valence-electron chi connectivity index (χ0n) is 15.3. The topological polar surface area (TPSA) is 54.2 Å². The van der Waals surface area contributed by atoms with Crippen molar-refractivity contribution in [2.24, 2.45) is 12.0 Å². The van der Waals surface area contributed by atoms with Crippen molar-refractivity contribution in [2.75, 3.05) is 7.05 Å². The molecule has 1 aromatic carbocycles. The Bertz CT molecular complexity index is 769. The molecule has 25 heavy (non-hydrogen) atoms. The number of rotatable bonds is 5. The van der Waals surface area contributed by atoms with Crippen molar-refractivity contribution < 1.29 is 4.39 Å². The zero-order valence-corrected chi connectivity index (χ0v) is 16.9. The van der Waals surface area contributed by atoms with Gasteiger partial charge in [0.25, 0.3) is 0 Å². The number of halogens is 2. The fourth-order valence-corrected chi connectivity index (χ4v) is 3.14. The summed E-state index contributed by atoms with van der Waals surface area (Å²) in [5, 5.41) is 11.1. The van der Waals surface area contributed by atoms with Gasteiger partial charge in [0.1, 0.15) is 5.82 Å². The molecular weight excluding hydrogens is 385 g/mol. The van der Waals surface area contributed by atoms with Gasteiger partial charge in [0.15, 0.2) is 5.96 Å². The van der Waals surface area contributed by atoms with Crippen LogP contribution >= 0.6 is 15.9 Å². The Hall–Kier alpha value is -1.89. The van der Waals surface area contributed by atoms with Crippen LogP contribution in [-0.2, 0) is 20.0 Å². The van der Waals surface area contributed by atoms with Crippen LogP contribution in [0.5, 0.6) is 0 Å². The summed E-state index contributed by atoms with van der Waals surface area (Å²) in [5.74, 6) is 0.432. The molecule has 0 aliphatic rings. The summed E-state index contributed by atoms with van der Waals surface area (Å²) in [6.07, 6.45) is 0.857. The smallest absolute Gasteiger partial charge is 0.191 e. The van der Waals surface area contributed by atoms with Gasteiger partial charge in [-0.1, -0.05) is 15.9 Å². The number of aryl methyl sites for hydroxylation is 2. The Balaban J connectivity index is 1.96. The van der Waals surface area contributed by atoms with E-state index in [2.05, 4.69) is 50.5 Å². The van der Waals surface area contributed by atoms with Crippen LogP contribution in [0.2, 0.25) is 0 Å². The average molecular weight is 410 g/mol. The van der Waals surface area contributed by atoms with Crippen LogP contribution in [0.4, 0.5) is 4.39 Å². The first kappa shape index (κ1) is 19.4. The Morgan fingerprint density at radius 2 is 2.12 bits per heavy atom. The first-order valence-corrected chi connectivity index (χ1v) is 9.01. The molecule has 1 atom stereocenters. The highest BCUT2D eigenvalue weighted by Crippen LogP contribution is 2.17. The summed E-state index contributed by atoms with van der Waals surface area (Å²) >= 11 is 3.44. The molecule has 0 radical (unpaired) electrons. The Labute approximate surface area is 156 Å². The number of nitrogens with zero attached hydrogens (tertiary/aromatic N) is 3. The van der Waals surface area contributed by atoms with E-state index in [9.17, 15) is 4.39 Å². The quantitative estimate of drug-likeness (QED) is 0.588. The predicted octanol–water partition coefficient (Wildman–Crippen LogP) is 3.23. The van der Waals surface area contributed by atoms with E-state index in [-0.39, 0.29) is 11.9 Å². The number of hydrogen-bond acceptors (Lipinski definition) is 2. The van der Waals surface area contributed by atoms with Gasteiger partial charge in [0.05, 0.1) is 5.69 Å². The molecule has 2 aromatic rings. The molecule has 1 unspecified atom stereocenters. The molecule has 0 spiro atoms. The third-order valence-electron chi connectivity index (χ3n) is 4.23. The van der Waals surface area contributed by atoms with Gasteiger partial charge in [-0.2, -0.15) is 5.10 Å². The van der Waals surface area contributed by atoms with Crippen molar-refractivity contribution in [2.45, 2.75) is 39.8 Å². The maximum atomic E-state index is 13.4. The molecule has 5 nitrogen and oxygen atoms in total. The van der Waals surface area contributed by atoms with Gasteiger partial charge in [0.2, 0.25) is 0 Å². The maximum Gasteiger partial charge on any atom is 0.191 e. The zero-order chi connectivity index (χ0) is 18.6. The number of hydrogen-bond donors (Lipinski definition) is 2. The SMILES string of the molecule is CN=C(NCc1cc(F)ccc1Br)NC(C)Cc1c(C)nn(C)c1C. The van der Waals surface area contributed by atoms with Gasteiger partial charge in [-0.15, -0.1) is 0 Å². The molecule has 0 aliphatic carbocycles. The average Bonchev–Trinajstić information content (AvgIpc) is 2.80. The van der Waals surface area contributed by atoms with Crippen molar-refractivity contribution in [3.05, 3.63) is 51.0 Å². The first-order valence-electron chi connectivity index (χ1n) is 8.22. The molecular formula is C18H25BrFN5. The minimum atomic E-state index is -0.251. The van der Waals surface area contributed by atoms with Gasteiger partial charge < -0.3 is 10.6 Å². The summed E-state index contributed by atoms with van der Waals surface area (Å²) in [7, 11) is 3.69. The monoisotopic (exact) mass is 409 g/mol. The lowest BCUT2D eigenvalue weighted by Crippen LogP contribution is -2.42. The van der Waals surface area contributed by atoms with Crippen LogP contribution in [0.3, 0.4) is 0 Å². The minimum Gasteiger partial charge on any atom is -0.354 e. The predicted molar refractivity (Wildman–Crippen MR) is 103 cm³/mol. The highest BCUT2D eigenvalue weighted by Gasteiger charge is 2.14. The van der Waals surface area contributed by atoms with Crippen LogP contribution in [0.15, 0.2) is 27.7 Å². The molecule has 1 aromatic heterocycles.